The molecule has 0 saturated heterocycles. The first kappa shape index (κ1) is 11.7. The van der Waals surface area contributed by atoms with E-state index in [-0.39, 0.29) is 12.2 Å². The summed E-state index contributed by atoms with van der Waals surface area (Å²) in [5.74, 6) is 0.886. The Labute approximate surface area is 104 Å². The number of nitrogens with one attached hydrogen (secondary N) is 1. The molecule has 0 atom stereocenters. The van der Waals surface area contributed by atoms with Crippen LogP contribution in [0.1, 0.15) is 16.2 Å². The third kappa shape index (κ3) is 2.65. The quantitative estimate of drug-likeness (QED) is 0.849. The number of benzene rings is 1. The Balaban J connectivity index is 2.23. The summed E-state index contributed by atoms with van der Waals surface area (Å²) in [4.78, 5) is 18.5. The third-order valence-corrected chi connectivity index (χ3v) is 2.59. The maximum absolute atomic E-state index is 11.9. The molecule has 0 unspecified atom stereocenters. The van der Waals surface area contributed by atoms with Crippen LogP contribution in [0.3, 0.4) is 0 Å². The molecule has 0 aliphatic carbocycles. The van der Waals surface area contributed by atoms with Gasteiger partial charge in [0.15, 0.2) is 5.82 Å². The van der Waals surface area contributed by atoms with Gasteiger partial charge in [0, 0.05) is 29.4 Å². The standard InChI is InChI=1S/C12H11ClN2O2/c1-17-11-3-2-9(13)6-8(11)7-10(16)12-14-4-5-15-12/h2-6H,7H2,1H3,(H,14,15). The fourth-order valence-electron chi connectivity index (χ4n) is 1.56. The number of nitrogens with zero attached hydrogens (tertiary/aromatic N) is 1. The Bertz CT molecular complexity index is 523. The van der Waals surface area contributed by atoms with Gasteiger partial charge in [0.1, 0.15) is 5.75 Å². The molecule has 2 rings (SSSR count). The monoisotopic (exact) mass is 250 g/mol. The van der Waals surface area contributed by atoms with Crippen LogP contribution in [0, 0.1) is 0 Å². The van der Waals surface area contributed by atoms with Gasteiger partial charge in [-0.25, -0.2) is 4.98 Å². The summed E-state index contributed by atoms with van der Waals surface area (Å²) in [6.45, 7) is 0. The van der Waals surface area contributed by atoms with Gasteiger partial charge >= 0.3 is 0 Å². The van der Waals surface area contributed by atoms with Crippen molar-refractivity contribution in [1.82, 2.24) is 9.97 Å². The number of rotatable bonds is 4. The van der Waals surface area contributed by atoms with Crippen LogP contribution < -0.4 is 4.74 Å². The van der Waals surface area contributed by atoms with Gasteiger partial charge < -0.3 is 9.72 Å². The molecule has 1 aromatic heterocycles. The molecule has 1 aromatic carbocycles. The smallest absolute Gasteiger partial charge is 0.202 e. The SMILES string of the molecule is COc1ccc(Cl)cc1CC(=O)c1ncc[nH]1. The summed E-state index contributed by atoms with van der Waals surface area (Å²) in [6, 6.07) is 5.19. The van der Waals surface area contributed by atoms with Crippen LogP contribution in [0.15, 0.2) is 30.6 Å². The molecule has 0 saturated carbocycles. The first-order chi connectivity index (χ1) is 8.20. The van der Waals surface area contributed by atoms with Crippen molar-refractivity contribution in [3.8, 4) is 5.75 Å². The van der Waals surface area contributed by atoms with E-state index in [1.807, 2.05) is 0 Å². The third-order valence-electron chi connectivity index (χ3n) is 2.36. The Kier molecular flexibility index (Phi) is 3.44. The van der Waals surface area contributed by atoms with Gasteiger partial charge in [0.2, 0.25) is 5.78 Å². The Morgan fingerprint density at radius 3 is 3.00 bits per heavy atom. The first-order valence-corrected chi connectivity index (χ1v) is 5.43. The predicted octanol–water partition coefficient (Wildman–Crippen LogP) is 2.50. The second kappa shape index (κ2) is 5.01. The minimum absolute atomic E-state index is 0.101. The average molecular weight is 251 g/mol. The zero-order valence-electron chi connectivity index (χ0n) is 9.24. The van der Waals surface area contributed by atoms with E-state index in [4.69, 9.17) is 16.3 Å². The van der Waals surface area contributed by atoms with E-state index < -0.39 is 0 Å². The summed E-state index contributed by atoms with van der Waals surface area (Å²) in [5.41, 5.74) is 0.751. The number of carbonyl (C=O) groups excluding carboxylic acids is 1. The van der Waals surface area contributed by atoms with Crippen LogP contribution in [-0.4, -0.2) is 22.9 Å². The number of hydrogen-bond acceptors (Lipinski definition) is 3. The number of Topliss-reactive ketones (excluding diaryl/α,β-unsaturated/α-hetero) is 1. The van der Waals surface area contributed by atoms with Crippen molar-refractivity contribution in [1.29, 1.82) is 0 Å². The van der Waals surface area contributed by atoms with E-state index >= 15 is 0 Å². The highest BCUT2D eigenvalue weighted by molar-refractivity contribution is 6.30. The minimum atomic E-state index is -0.101. The van der Waals surface area contributed by atoms with Crippen LogP contribution >= 0.6 is 11.6 Å². The number of methoxy groups -OCH3 is 1. The van der Waals surface area contributed by atoms with Crippen LogP contribution in [0.5, 0.6) is 5.75 Å². The number of carbonyl (C=O) groups is 1. The van der Waals surface area contributed by atoms with Crippen molar-refractivity contribution in [2.75, 3.05) is 7.11 Å². The number of hydrogen-bond donors (Lipinski definition) is 1. The number of ketones is 1. The van der Waals surface area contributed by atoms with Crippen LogP contribution in [0.4, 0.5) is 0 Å². The van der Waals surface area contributed by atoms with Gasteiger partial charge in [-0.2, -0.15) is 0 Å². The largest absolute Gasteiger partial charge is 0.496 e. The Morgan fingerprint density at radius 1 is 1.53 bits per heavy atom. The number of imidazole rings is 1. The molecule has 1 N–H and O–H groups in total. The Morgan fingerprint density at radius 2 is 2.35 bits per heavy atom. The van der Waals surface area contributed by atoms with Crippen molar-refractivity contribution in [3.05, 3.63) is 47.0 Å². The van der Waals surface area contributed by atoms with E-state index in [0.29, 0.717) is 16.6 Å². The summed E-state index contributed by atoms with van der Waals surface area (Å²) in [6.07, 6.45) is 3.36. The van der Waals surface area contributed by atoms with Crippen molar-refractivity contribution in [2.45, 2.75) is 6.42 Å². The van der Waals surface area contributed by atoms with E-state index in [0.717, 1.165) is 5.56 Å². The van der Waals surface area contributed by atoms with Crippen LogP contribution in [0.25, 0.3) is 0 Å². The summed E-state index contributed by atoms with van der Waals surface area (Å²) < 4.78 is 5.18. The van der Waals surface area contributed by atoms with E-state index in [1.165, 1.54) is 0 Å². The van der Waals surface area contributed by atoms with E-state index in [9.17, 15) is 4.79 Å². The molecule has 0 aliphatic rings. The molecule has 0 fully saturated rings. The molecule has 5 heteroatoms. The molecule has 0 aliphatic heterocycles. The molecule has 0 spiro atoms. The lowest BCUT2D eigenvalue weighted by atomic mass is 10.1. The number of aromatic amines is 1. The van der Waals surface area contributed by atoms with Gasteiger partial charge in [0.25, 0.3) is 0 Å². The lowest BCUT2D eigenvalue weighted by molar-refractivity contribution is 0.0983. The molecule has 88 valence electrons. The zero-order chi connectivity index (χ0) is 12.3. The van der Waals surface area contributed by atoms with Crippen LogP contribution in [0.2, 0.25) is 5.02 Å². The second-order valence-electron chi connectivity index (χ2n) is 3.49. The highest BCUT2D eigenvalue weighted by Crippen LogP contribution is 2.23. The molecule has 17 heavy (non-hydrogen) atoms. The van der Waals surface area contributed by atoms with Gasteiger partial charge in [-0.05, 0) is 18.2 Å². The predicted molar refractivity (Wildman–Crippen MR) is 64.6 cm³/mol. The van der Waals surface area contributed by atoms with Crippen molar-refractivity contribution in [2.24, 2.45) is 0 Å². The second-order valence-corrected chi connectivity index (χ2v) is 3.93. The zero-order valence-corrected chi connectivity index (χ0v) is 9.99. The first-order valence-electron chi connectivity index (χ1n) is 5.05. The fourth-order valence-corrected chi connectivity index (χ4v) is 1.75. The molecule has 1 heterocycles. The molecular formula is C12H11ClN2O2. The number of aromatic nitrogens is 2. The Hall–Kier alpha value is -1.81. The molecule has 4 nitrogen and oxygen atoms in total. The molecule has 0 bridgehead atoms. The lowest BCUT2D eigenvalue weighted by Gasteiger charge is -2.07. The molecule has 0 amide bonds. The van der Waals surface area contributed by atoms with E-state index in [1.54, 1.807) is 37.7 Å². The maximum atomic E-state index is 11.9. The number of ether oxygens (including phenoxy) is 1. The maximum Gasteiger partial charge on any atom is 0.202 e. The van der Waals surface area contributed by atoms with Gasteiger partial charge in [-0.3, -0.25) is 4.79 Å². The van der Waals surface area contributed by atoms with Crippen LogP contribution in [-0.2, 0) is 6.42 Å². The summed E-state index contributed by atoms with van der Waals surface area (Å²) >= 11 is 5.89. The van der Waals surface area contributed by atoms with Gasteiger partial charge in [0.05, 0.1) is 7.11 Å². The van der Waals surface area contributed by atoms with Gasteiger partial charge in [-0.1, -0.05) is 11.6 Å². The number of halogens is 1. The fraction of sp³-hybridized carbons (Fsp3) is 0.167. The van der Waals surface area contributed by atoms with Crippen molar-refractivity contribution < 1.29 is 9.53 Å². The molecule has 2 aromatic rings. The summed E-state index contributed by atoms with van der Waals surface area (Å²) in [7, 11) is 1.56. The highest BCUT2D eigenvalue weighted by Gasteiger charge is 2.13. The van der Waals surface area contributed by atoms with Crippen molar-refractivity contribution >= 4 is 17.4 Å². The molecular weight excluding hydrogens is 240 g/mol. The van der Waals surface area contributed by atoms with Gasteiger partial charge in [-0.15, -0.1) is 0 Å². The number of H-pyrrole nitrogens is 1. The normalized spacial score (nSPS) is 10.2. The summed E-state index contributed by atoms with van der Waals surface area (Å²) in [5, 5.41) is 0.577. The average Bonchev–Trinajstić information content (AvgIpc) is 2.83. The minimum Gasteiger partial charge on any atom is -0.496 e. The van der Waals surface area contributed by atoms with E-state index in [2.05, 4.69) is 9.97 Å². The highest BCUT2D eigenvalue weighted by atomic mass is 35.5. The molecule has 0 radical (unpaired) electrons. The van der Waals surface area contributed by atoms with Crippen molar-refractivity contribution in [3.63, 3.8) is 0 Å². The lowest BCUT2D eigenvalue weighted by Crippen LogP contribution is -2.06. The topological polar surface area (TPSA) is 55.0 Å².